The van der Waals surface area contributed by atoms with E-state index in [0.29, 0.717) is 6.54 Å². The van der Waals surface area contributed by atoms with E-state index < -0.39 is 11.4 Å². The zero-order valence-corrected chi connectivity index (χ0v) is 40.0. The fraction of sp³-hybridized carbons (Fsp3) is 0.962. The highest BCUT2D eigenvalue weighted by Crippen LogP contribution is 2.56. The second-order valence-electron chi connectivity index (χ2n) is 18.7. The molecule has 0 aromatic heterocycles. The van der Waals surface area contributed by atoms with Gasteiger partial charge in [0.2, 0.25) is 5.91 Å². The Hall–Kier alpha value is -1.26. The Morgan fingerprint density at radius 2 is 0.649 bits per heavy atom. The van der Waals surface area contributed by atoms with Crippen LogP contribution in [-0.4, -0.2) is 23.5 Å². The van der Waals surface area contributed by atoms with E-state index in [4.69, 9.17) is 5.73 Å². The fourth-order valence-electron chi connectivity index (χ4n) is 10.4. The number of hydrazine groups is 1. The molecule has 0 aromatic rings. The maximum absolute atomic E-state index is 15.2. The maximum Gasteiger partial charge on any atom is 0.331 e. The van der Waals surface area contributed by atoms with Crippen LogP contribution in [0.3, 0.4) is 0 Å². The minimum absolute atomic E-state index is 0.0555. The standard InChI is InChI=1S/C52H105N3O2/c1-7-13-15-17-19-21-23-25-27-29-31-33-35-37-39-41-47-52(46-12-6,51(43-9-3,44-10-4)45-11-5)49(56)55(54-50(53)57)48-42-40-38-36-34-32-30-28-26-24-22-20-18-16-14-8-2/h7-48H2,1-6H3,(H3,53,54,57). The molecule has 0 radical (unpaired) electrons. The normalized spacial score (nSPS) is 12.9. The molecule has 3 N–H and O–H groups in total. The molecule has 0 rings (SSSR count). The molecule has 0 heterocycles. The van der Waals surface area contributed by atoms with E-state index in [9.17, 15) is 4.79 Å². The predicted octanol–water partition coefficient (Wildman–Crippen LogP) is 17.5. The zero-order chi connectivity index (χ0) is 42.1. The molecule has 0 saturated carbocycles. The average Bonchev–Trinajstić information content (AvgIpc) is 3.19. The minimum Gasteiger partial charge on any atom is -0.350 e. The van der Waals surface area contributed by atoms with Crippen LogP contribution < -0.4 is 11.2 Å². The van der Waals surface area contributed by atoms with Crippen molar-refractivity contribution < 1.29 is 9.59 Å². The molecule has 5 heteroatoms. The first kappa shape index (κ1) is 55.7. The van der Waals surface area contributed by atoms with Crippen LogP contribution >= 0.6 is 0 Å². The summed E-state index contributed by atoms with van der Waals surface area (Å²) in [6, 6.07) is -0.611. The second-order valence-corrected chi connectivity index (χ2v) is 18.7. The van der Waals surface area contributed by atoms with Crippen LogP contribution in [0.1, 0.15) is 305 Å². The van der Waals surface area contributed by atoms with Gasteiger partial charge in [-0.25, -0.2) is 10.2 Å². The number of rotatable bonds is 44. The number of amides is 3. The van der Waals surface area contributed by atoms with Gasteiger partial charge in [0.15, 0.2) is 0 Å². The quantitative estimate of drug-likeness (QED) is 0.0475. The number of unbranched alkanes of at least 4 members (excludes halogenated alkanes) is 30. The number of hydrogen-bond acceptors (Lipinski definition) is 2. The van der Waals surface area contributed by atoms with E-state index in [1.54, 1.807) is 5.01 Å². The van der Waals surface area contributed by atoms with Crippen LogP contribution in [0.5, 0.6) is 0 Å². The molecule has 1 atom stereocenters. The van der Waals surface area contributed by atoms with Gasteiger partial charge in [-0.2, -0.15) is 0 Å². The van der Waals surface area contributed by atoms with Crippen molar-refractivity contribution in [3.8, 4) is 0 Å². The van der Waals surface area contributed by atoms with Crippen molar-refractivity contribution in [2.24, 2.45) is 16.6 Å². The summed E-state index contributed by atoms with van der Waals surface area (Å²) in [7, 11) is 0. The lowest BCUT2D eigenvalue weighted by Gasteiger charge is -2.52. The number of nitrogens with zero attached hydrogens (tertiary/aromatic N) is 1. The van der Waals surface area contributed by atoms with E-state index in [2.05, 4.69) is 47.0 Å². The SMILES string of the molecule is CCCCCCCCCCCCCCCCCCN(NC(N)=O)C(=O)C(CCC)(CCCCCCCCCCCCCCCCCC)C(CCC)(CCC)CCC. The van der Waals surface area contributed by atoms with Gasteiger partial charge in [-0.15, -0.1) is 0 Å². The van der Waals surface area contributed by atoms with Gasteiger partial charge >= 0.3 is 6.03 Å². The van der Waals surface area contributed by atoms with Crippen LogP contribution in [0.4, 0.5) is 4.79 Å². The second kappa shape index (κ2) is 40.2. The van der Waals surface area contributed by atoms with Gasteiger partial charge in [-0.05, 0) is 43.9 Å². The van der Waals surface area contributed by atoms with Crippen LogP contribution in [-0.2, 0) is 4.79 Å². The van der Waals surface area contributed by atoms with E-state index in [0.717, 1.165) is 77.0 Å². The van der Waals surface area contributed by atoms with E-state index in [-0.39, 0.29) is 11.3 Å². The smallest absolute Gasteiger partial charge is 0.331 e. The van der Waals surface area contributed by atoms with Crippen molar-refractivity contribution in [1.29, 1.82) is 0 Å². The maximum atomic E-state index is 15.2. The van der Waals surface area contributed by atoms with Crippen molar-refractivity contribution >= 4 is 11.9 Å². The monoisotopic (exact) mass is 804 g/mol. The molecule has 3 amide bonds. The zero-order valence-electron chi connectivity index (χ0n) is 40.0. The lowest BCUT2D eigenvalue weighted by atomic mass is 9.53. The van der Waals surface area contributed by atoms with Gasteiger partial charge in [-0.3, -0.25) is 9.80 Å². The third kappa shape index (κ3) is 27.3. The first-order valence-corrected chi connectivity index (χ1v) is 26.2. The van der Waals surface area contributed by atoms with E-state index >= 15 is 4.79 Å². The van der Waals surface area contributed by atoms with Gasteiger partial charge in [-0.1, -0.05) is 266 Å². The predicted molar refractivity (Wildman–Crippen MR) is 253 cm³/mol. The van der Waals surface area contributed by atoms with Gasteiger partial charge in [0.25, 0.3) is 0 Å². The average molecular weight is 804 g/mol. The molecular formula is C52H105N3O2. The summed E-state index contributed by atoms with van der Waals surface area (Å²) in [6.07, 6.45) is 52.0. The molecule has 5 nitrogen and oxygen atoms in total. The Balaban J connectivity index is 5.16. The molecule has 0 saturated heterocycles. The van der Waals surface area contributed by atoms with Gasteiger partial charge < -0.3 is 5.73 Å². The van der Waals surface area contributed by atoms with Gasteiger partial charge in [0.1, 0.15) is 0 Å². The topological polar surface area (TPSA) is 75.4 Å². The van der Waals surface area contributed by atoms with Crippen LogP contribution in [0.25, 0.3) is 0 Å². The Bertz CT molecular complexity index is 860. The third-order valence-electron chi connectivity index (χ3n) is 13.5. The van der Waals surface area contributed by atoms with Crippen LogP contribution in [0, 0.1) is 10.8 Å². The highest BCUT2D eigenvalue weighted by Gasteiger charge is 2.54. The van der Waals surface area contributed by atoms with Crippen LogP contribution in [0.2, 0.25) is 0 Å². The number of urea groups is 1. The Kier molecular flexibility index (Phi) is 39.3. The summed E-state index contributed by atoms with van der Waals surface area (Å²) in [4.78, 5) is 27.6. The van der Waals surface area contributed by atoms with Crippen molar-refractivity contribution in [1.82, 2.24) is 10.4 Å². The molecule has 0 aliphatic rings. The summed E-state index contributed by atoms with van der Waals surface area (Å²) in [6.45, 7) is 14.3. The molecule has 0 aliphatic carbocycles. The number of carbonyl (C=O) groups is 2. The lowest BCUT2D eigenvalue weighted by Crippen LogP contribution is -2.59. The molecule has 0 aliphatic heterocycles. The van der Waals surface area contributed by atoms with E-state index in [1.165, 1.54) is 186 Å². The Morgan fingerprint density at radius 1 is 0.368 bits per heavy atom. The molecule has 0 spiro atoms. The molecule has 0 bridgehead atoms. The third-order valence-corrected chi connectivity index (χ3v) is 13.5. The number of hydrogen-bond donors (Lipinski definition) is 2. The fourth-order valence-corrected chi connectivity index (χ4v) is 10.4. The van der Waals surface area contributed by atoms with Gasteiger partial charge in [0, 0.05) is 6.54 Å². The first-order chi connectivity index (χ1) is 27.8. The van der Waals surface area contributed by atoms with Crippen LogP contribution in [0.15, 0.2) is 0 Å². The van der Waals surface area contributed by atoms with Gasteiger partial charge in [0.05, 0.1) is 5.41 Å². The molecule has 0 aromatic carbocycles. The molecule has 340 valence electrons. The minimum atomic E-state index is -0.611. The summed E-state index contributed by atoms with van der Waals surface area (Å²) >= 11 is 0. The number of nitrogens with two attached hydrogens (primary N) is 1. The highest BCUT2D eigenvalue weighted by atomic mass is 16.2. The Morgan fingerprint density at radius 3 is 0.930 bits per heavy atom. The summed E-state index contributed by atoms with van der Waals surface area (Å²) in [5.74, 6) is 0.153. The van der Waals surface area contributed by atoms with Crippen molar-refractivity contribution in [2.75, 3.05) is 6.54 Å². The molecule has 1 unspecified atom stereocenters. The number of primary amides is 1. The Labute approximate surface area is 358 Å². The molecule has 0 fully saturated rings. The van der Waals surface area contributed by atoms with Crippen molar-refractivity contribution in [2.45, 2.75) is 305 Å². The molecule has 57 heavy (non-hydrogen) atoms. The first-order valence-electron chi connectivity index (χ1n) is 26.2. The highest BCUT2D eigenvalue weighted by molar-refractivity contribution is 5.86. The molecular weight excluding hydrogens is 699 g/mol. The van der Waals surface area contributed by atoms with Crippen molar-refractivity contribution in [3.05, 3.63) is 0 Å². The summed E-state index contributed by atoms with van der Waals surface area (Å²) in [5.41, 5.74) is 8.13. The largest absolute Gasteiger partial charge is 0.350 e. The number of nitrogens with one attached hydrogen (secondary N) is 1. The van der Waals surface area contributed by atoms with Crippen molar-refractivity contribution in [3.63, 3.8) is 0 Å². The number of carbonyl (C=O) groups excluding carboxylic acids is 2. The lowest BCUT2D eigenvalue weighted by molar-refractivity contribution is -0.159. The summed E-state index contributed by atoms with van der Waals surface area (Å²) < 4.78 is 0. The summed E-state index contributed by atoms with van der Waals surface area (Å²) in [5, 5.41) is 1.70. The van der Waals surface area contributed by atoms with E-state index in [1.807, 2.05) is 0 Å².